The fourth-order valence-corrected chi connectivity index (χ4v) is 3.30. The number of aromatic nitrogens is 2. The summed E-state index contributed by atoms with van der Waals surface area (Å²) in [4.78, 5) is 2.50. The minimum atomic E-state index is -0.382. The summed E-state index contributed by atoms with van der Waals surface area (Å²) in [6, 6.07) is 4.15. The molecule has 2 aromatic rings. The van der Waals surface area contributed by atoms with Crippen LogP contribution in [0.3, 0.4) is 0 Å². The van der Waals surface area contributed by atoms with Crippen molar-refractivity contribution in [3.63, 3.8) is 0 Å². The molecule has 1 atom stereocenters. The molecule has 1 saturated heterocycles. The fourth-order valence-electron chi connectivity index (χ4n) is 3.30. The predicted molar refractivity (Wildman–Crippen MR) is 85.3 cm³/mol. The third-order valence-corrected chi connectivity index (χ3v) is 4.60. The molecule has 4 nitrogen and oxygen atoms in total. The molecule has 0 radical (unpaired) electrons. The quantitative estimate of drug-likeness (QED) is 0.908. The Hall–Kier alpha value is -1.39. The number of aliphatic hydroxyl groups is 1. The number of hydrogen-bond donors (Lipinski definition) is 2. The van der Waals surface area contributed by atoms with E-state index in [9.17, 15) is 5.11 Å². The Labute approximate surface area is 126 Å². The van der Waals surface area contributed by atoms with Gasteiger partial charge in [0.25, 0.3) is 0 Å². The van der Waals surface area contributed by atoms with E-state index in [1.54, 1.807) is 0 Å². The lowest BCUT2D eigenvalue weighted by Crippen LogP contribution is -2.27. The summed E-state index contributed by atoms with van der Waals surface area (Å²) in [6.45, 7) is 5.42. The van der Waals surface area contributed by atoms with Gasteiger partial charge in [0, 0.05) is 11.9 Å². The first-order valence-corrected chi connectivity index (χ1v) is 8.08. The molecule has 1 aromatic carbocycles. The SMILES string of the molecule is Cc1cc2[nH]ncc2cc1C(O)CCN1CCCCCC1. The van der Waals surface area contributed by atoms with Gasteiger partial charge in [-0.3, -0.25) is 5.10 Å². The first kappa shape index (κ1) is 14.5. The van der Waals surface area contributed by atoms with Crippen molar-refractivity contribution in [1.29, 1.82) is 0 Å². The smallest absolute Gasteiger partial charge is 0.0805 e. The molecule has 0 amide bonds. The maximum absolute atomic E-state index is 10.5. The first-order chi connectivity index (χ1) is 10.2. The Bertz CT molecular complexity index is 585. The third kappa shape index (κ3) is 3.44. The molecule has 4 heteroatoms. The van der Waals surface area contributed by atoms with E-state index in [0.717, 1.165) is 35.0 Å². The number of aliphatic hydroxyl groups excluding tert-OH is 1. The van der Waals surface area contributed by atoms with E-state index in [4.69, 9.17) is 0 Å². The van der Waals surface area contributed by atoms with Gasteiger partial charge in [0.05, 0.1) is 17.8 Å². The average Bonchev–Trinajstić information content (AvgIpc) is 2.77. The van der Waals surface area contributed by atoms with Crippen LogP contribution in [0.15, 0.2) is 18.3 Å². The van der Waals surface area contributed by atoms with Gasteiger partial charge < -0.3 is 10.0 Å². The fraction of sp³-hybridized carbons (Fsp3) is 0.588. The van der Waals surface area contributed by atoms with Gasteiger partial charge in [-0.25, -0.2) is 0 Å². The highest BCUT2D eigenvalue weighted by Gasteiger charge is 2.15. The summed E-state index contributed by atoms with van der Waals surface area (Å²) < 4.78 is 0. The summed E-state index contributed by atoms with van der Waals surface area (Å²) >= 11 is 0. The molecule has 2 N–H and O–H groups in total. The molecule has 1 aromatic heterocycles. The van der Waals surface area contributed by atoms with Crippen LogP contribution in [-0.2, 0) is 0 Å². The van der Waals surface area contributed by atoms with Crippen molar-refractivity contribution in [2.24, 2.45) is 0 Å². The highest BCUT2D eigenvalue weighted by Crippen LogP contribution is 2.25. The summed E-state index contributed by atoms with van der Waals surface area (Å²) in [6.07, 6.45) is 7.56. The minimum Gasteiger partial charge on any atom is -0.388 e. The van der Waals surface area contributed by atoms with Crippen molar-refractivity contribution in [3.05, 3.63) is 29.5 Å². The van der Waals surface area contributed by atoms with Crippen LogP contribution in [0.2, 0.25) is 0 Å². The second kappa shape index (κ2) is 6.58. The van der Waals surface area contributed by atoms with E-state index in [0.29, 0.717) is 0 Å². The summed E-state index contributed by atoms with van der Waals surface area (Å²) in [5.74, 6) is 0. The lowest BCUT2D eigenvalue weighted by molar-refractivity contribution is 0.142. The average molecular weight is 287 g/mol. The lowest BCUT2D eigenvalue weighted by atomic mass is 9.99. The third-order valence-electron chi connectivity index (χ3n) is 4.60. The van der Waals surface area contributed by atoms with Crippen molar-refractivity contribution in [1.82, 2.24) is 15.1 Å². The van der Waals surface area contributed by atoms with Gasteiger partial charge in [-0.05, 0) is 62.5 Å². The Morgan fingerprint density at radius 1 is 1.24 bits per heavy atom. The Morgan fingerprint density at radius 2 is 2.00 bits per heavy atom. The number of aryl methyl sites for hydroxylation is 1. The van der Waals surface area contributed by atoms with E-state index < -0.39 is 0 Å². The molecule has 0 spiro atoms. The van der Waals surface area contributed by atoms with Crippen LogP contribution < -0.4 is 0 Å². The highest BCUT2D eigenvalue weighted by atomic mass is 16.3. The number of fused-ring (bicyclic) bond motifs is 1. The van der Waals surface area contributed by atoms with Crippen molar-refractivity contribution >= 4 is 10.9 Å². The van der Waals surface area contributed by atoms with Gasteiger partial charge in [-0.1, -0.05) is 12.8 Å². The highest BCUT2D eigenvalue weighted by molar-refractivity contribution is 5.79. The zero-order valence-electron chi connectivity index (χ0n) is 12.8. The monoisotopic (exact) mass is 287 g/mol. The van der Waals surface area contributed by atoms with Crippen molar-refractivity contribution in [3.8, 4) is 0 Å². The first-order valence-electron chi connectivity index (χ1n) is 8.08. The number of rotatable bonds is 4. The van der Waals surface area contributed by atoms with Crippen molar-refractivity contribution < 1.29 is 5.11 Å². The Balaban J connectivity index is 1.65. The molecule has 0 saturated carbocycles. The second-order valence-corrected chi connectivity index (χ2v) is 6.23. The molecule has 0 aliphatic carbocycles. The topological polar surface area (TPSA) is 52.1 Å². The molecule has 1 aliphatic heterocycles. The maximum Gasteiger partial charge on any atom is 0.0805 e. The molecular weight excluding hydrogens is 262 g/mol. The number of nitrogens with zero attached hydrogens (tertiary/aromatic N) is 2. The number of likely N-dealkylation sites (tertiary alicyclic amines) is 1. The van der Waals surface area contributed by atoms with Crippen molar-refractivity contribution in [2.45, 2.75) is 45.1 Å². The molecule has 114 valence electrons. The van der Waals surface area contributed by atoms with E-state index in [-0.39, 0.29) is 6.10 Å². The molecule has 1 unspecified atom stereocenters. The molecule has 1 aliphatic rings. The molecule has 3 rings (SSSR count). The number of nitrogens with one attached hydrogen (secondary N) is 1. The summed E-state index contributed by atoms with van der Waals surface area (Å²) in [5.41, 5.74) is 3.21. The van der Waals surface area contributed by atoms with Gasteiger partial charge >= 0.3 is 0 Å². The predicted octanol–water partition coefficient (Wildman–Crippen LogP) is 3.17. The lowest BCUT2D eigenvalue weighted by Gasteiger charge is -2.22. The van der Waals surface area contributed by atoms with Gasteiger partial charge in [0.15, 0.2) is 0 Å². The minimum absolute atomic E-state index is 0.382. The molecule has 21 heavy (non-hydrogen) atoms. The number of aromatic amines is 1. The van der Waals surface area contributed by atoms with Gasteiger partial charge in [0.2, 0.25) is 0 Å². The van der Waals surface area contributed by atoms with Gasteiger partial charge in [0.1, 0.15) is 0 Å². The molecule has 1 fully saturated rings. The normalized spacial score (nSPS) is 18.8. The number of H-pyrrole nitrogens is 1. The van der Waals surface area contributed by atoms with E-state index in [1.807, 2.05) is 6.20 Å². The Morgan fingerprint density at radius 3 is 2.76 bits per heavy atom. The summed E-state index contributed by atoms with van der Waals surface area (Å²) in [7, 11) is 0. The van der Waals surface area contributed by atoms with Gasteiger partial charge in [-0.15, -0.1) is 0 Å². The summed E-state index contributed by atoms with van der Waals surface area (Å²) in [5, 5.41) is 18.7. The van der Waals surface area contributed by atoms with E-state index >= 15 is 0 Å². The van der Waals surface area contributed by atoms with Crippen LogP contribution in [0.25, 0.3) is 10.9 Å². The van der Waals surface area contributed by atoms with Gasteiger partial charge in [-0.2, -0.15) is 5.10 Å². The van der Waals surface area contributed by atoms with E-state index in [2.05, 4.69) is 34.2 Å². The molecule has 2 heterocycles. The maximum atomic E-state index is 10.5. The zero-order valence-corrected chi connectivity index (χ0v) is 12.8. The van der Waals surface area contributed by atoms with Crippen LogP contribution in [0.4, 0.5) is 0 Å². The van der Waals surface area contributed by atoms with Crippen LogP contribution >= 0.6 is 0 Å². The Kier molecular flexibility index (Phi) is 4.56. The van der Waals surface area contributed by atoms with Crippen molar-refractivity contribution in [2.75, 3.05) is 19.6 Å². The molecule has 0 bridgehead atoms. The zero-order chi connectivity index (χ0) is 14.7. The largest absolute Gasteiger partial charge is 0.388 e. The van der Waals surface area contributed by atoms with Crippen LogP contribution in [0, 0.1) is 6.92 Å². The van der Waals surface area contributed by atoms with Crippen LogP contribution in [0.1, 0.15) is 49.3 Å². The number of hydrogen-bond acceptors (Lipinski definition) is 3. The molecular formula is C17H25N3O. The van der Waals surface area contributed by atoms with Crippen LogP contribution in [-0.4, -0.2) is 39.8 Å². The number of benzene rings is 1. The second-order valence-electron chi connectivity index (χ2n) is 6.23. The van der Waals surface area contributed by atoms with E-state index in [1.165, 1.54) is 38.8 Å². The standard InChI is InChI=1S/C17H25N3O/c1-13-10-16-14(12-18-19-16)11-15(13)17(21)6-9-20-7-4-2-3-5-8-20/h10-12,17,21H,2-9H2,1H3,(H,18,19). The van der Waals surface area contributed by atoms with Crippen LogP contribution in [0.5, 0.6) is 0 Å².